The van der Waals surface area contributed by atoms with Gasteiger partial charge >= 0.3 is 0 Å². The molecule has 0 spiro atoms. The Bertz CT molecular complexity index is 3200. The first kappa shape index (κ1) is 33.7. The summed E-state index contributed by atoms with van der Waals surface area (Å²) >= 11 is 0. The lowest BCUT2D eigenvalue weighted by molar-refractivity contribution is 0.669. The second-order valence-electron chi connectivity index (χ2n) is 16.1. The molecule has 1 unspecified atom stereocenters. The summed E-state index contributed by atoms with van der Waals surface area (Å²) in [5.41, 5.74) is 18.1. The van der Waals surface area contributed by atoms with E-state index in [2.05, 4.69) is 230 Å². The van der Waals surface area contributed by atoms with Crippen LogP contribution in [0, 0.1) is 0 Å². The number of anilines is 3. The summed E-state index contributed by atoms with van der Waals surface area (Å²) in [7, 11) is 0. The van der Waals surface area contributed by atoms with Gasteiger partial charge in [0.25, 0.3) is 0 Å². The van der Waals surface area contributed by atoms with Crippen LogP contribution in [-0.4, -0.2) is 0 Å². The summed E-state index contributed by atoms with van der Waals surface area (Å²) in [6, 6.07) is 80.2. The third-order valence-electron chi connectivity index (χ3n) is 13.2. The van der Waals surface area contributed by atoms with Gasteiger partial charge in [0.2, 0.25) is 0 Å². The van der Waals surface area contributed by atoms with Crippen molar-refractivity contribution in [1.29, 1.82) is 0 Å². The molecule has 0 aliphatic heterocycles. The second kappa shape index (κ2) is 12.8. The number of benzene rings is 9. The van der Waals surface area contributed by atoms with Crippen LogP contribution in [0.15, 0.2) is 223 Å². The van der Waals surface area contributed by atoms with E-state index in [9.17, 15) is 0 Å². The van der Waals surface area contributed by atoms with Crippen molar-refractivity contribution in [1.82, 2.24) is 0 Å². The topological polar surface area (TPSA) is 16.4 Å². The Labute approximate surface area is 344 Å². The highest BCUT2D eigenvalue weighted by Crippen LogP contribution is 2.60. The summed E-state index contributed by atoms with van der Waals surface area (Å²) in [5.74, 6) is 0. The van der Waals surface area contributed by atoms with Crippen LogP contribution < -0.4 is 4.90 Å². The molecule has 0 saturated carbocycles. The van der Waals surface area contributed by atoms with Crippen molar-refractivity contribution < 1.29 is 4.42 Å². The summed E-state index contributed by atoms with van der Waals surface area (Å²) in [4.78, 5) is 2.51. The maximum absolute atomic E-state index is 6.59. The molecule has 0 fully saturated rings. The number of nitrogens with zero attached hydrogens (tertiary/aromatic N) is 1. The lowest BCUT2D eigenvalue weighted by atomic mass is 9.67. The van der Waals surface area contributed by atoms with E-state index in [1.165, 1.54) is 61.2 Å². The standard InChI is InChI=1S/C57H39NO/c1-56(38-19-5-2-6-20-38)46-28-14-12-26-44(46)54-48(56)30-17-31-50(54)58(51-32-18-34-53-55(51)45-27-13-16-33-52(45)59-53)41-35-36-43-42-25-11-15-29-47(42)57(49(43)37-41,39-21-7-3-8-22-39)40-23-9-4-10-24-40/h2-37H,1H3. The van der Waals surface area contributed by atoms with Crippen LogP contribution in [0.25, 0.3) is 44.2 Å². The van der Waals surface area contributed by atoms with Gasteiger partial charge in [-0.2, -0.15) is 0 Å². The van der Waals surface area contributed by atoms with Crippen LogP contribution in [0.3, 0.4) is 0 Å². The molecule has 1 aromatic heterocycles. The van der Waals surface area contributed by atoms with Crippen LogP contribution in [0.4, 0.5) is 17.1 Å². The number of hydrogen-bond acceptors (Lipinski definition) is 2. The summed E-state index contributed by atoms with van der Waals surface area (Å²) in [6.07, 6.45) is 0. The van der Waals surface area contributed by atoms with Gasteiger partial charge < -0.3 is 9.32 Å². The van der Waals surface area contributed by atoms with E-state index in [0.717, 1.165) is 39.0 Å². The lowest BCUT2D eigenvalue weighted by Gasteiger charge is -2.35. The Hall–Kier alpha value is -7.42. The molecule has 0 saturated heterocycles. The number of furan rings is 1. The number of rotatable bonds is 6. The molecule has 0 N–H and O–H groups in total. The average molecular weight is 754 g/mol. The predicted octanol–water partition coefficient (Wildman–Crippen LogP) is 14.8. The highest BCUT2D eigenvalue weighted by atomic mass is 16.3. The van der Waals surface area contributed by atoms with E-state index in [4.69, 9.17) is 4.42 Å². The van der Waals surface area contributed by atoms with E-state index in [1.54, 1.807) is 0 Å². The summed E-state index contributed by atoms with van der Waals surface area (Å²) in [6.45, 7) is 2.39. The Balaban J connectivity index is 1.20. The SMILES string of the molecule is CC1(c2ccccc2)c2ccccc2-c2c(N(c3ccc4c(c3)C(c3ccccc3)(c3ccccc3)c3ccccc3-4)c3cccc4oc5ccccc5c34)cccc21. The molecule has 9 aromatic carbocycles. The Morgan fingerprint density at radius 2 is 0.932 bits per heavy atom. The zero-order valence-electron chi connectivity index (χ0n) is 32.6. The van der Waals surface area contributed by atoms with Crippen LogP contribution in [0.2, 0.25) is 0 Å². The van der Waals surface area contributed by atoms with Crippen LogP contribution in [0.5, 0.6) is 0 Å². The summed E-state index contributed by atoms with van der Waals surface area (Å²) in [5, 5.41) is 2.20. The van der Waals surface area contributed by atoms with Gasteiger partial charge in [0.15, 0.2) is 0 Å². The van der Waals surface area contributed by atoms with Gasteiger partial charge in [0.05, 0.1) is 22.2 Å². The molecule has 2 aliphatic rings. The van der Waals surface area contributed by atoms with Crippen LogP contribution >= 0.6 is 0 Å². The quantitative estimate of drug-likeness (QED) is 0.168. The first-order valence-electron chi connectivity index (χ1n) is 20.5. The van der Waals surface area contributed by atoms with Gasteiger partial charge in [0, 0.05) is 22.1 Å². The van der Waals surface area contributed by atoms with E-state index in [0.29, 0.717) is 0 Å². The third kappa shape index (κ3) is 4.63. The molecule has 2 nitrogen and oxygen atoms in total. The van der Waals surface area contributed by atoms with Crippen molar-refractivity contribution >= 4 is 39.0 Å². The van der Waals surface area contributed by atoms with Crippen molar-refractivity contribution in [3.8, 4) is 22.3 Å². The maximum atomic E-state index is 6.59. The molecule has 10 aromatic rings. The highest BCUT2D eigenvalue weighted by Gasteiger charge is 2.47. The molecule has 1 heterocycles. The first-order valence-corrected chi connectivity index (χ1v) is 20.5. The molecule has 0 radical (unpaired) electrons. The van der Waals surface area contributed by atoms with Crippen molar-refractivity contribution in [2.45, 2.75) is 17.8 Å². The molecule has 0 bridgehead atoms. The van der Waals surface area contributed by atoms with Gasteiger partial charge in [-0.1, -0.05) is 182 Å². The molecule has 1 atom stereocenters. The van der Waals surface area contributed by atoms with E-state index < -0.39 is 5.41 Å². The van der Waals surface area contributed by atoms with Gasteiger partial charge in [-0.25, -0.2) is 0 Å². The second-order valence-corrected chi connectivity index (χ2v) is 16.1. The molecule has 2 aliphatic carbocycles. The minimum Gasteiger partial charge on any atom is -0.456 e. The minimum atomic E-state index is -0.540. The fraction of sp³-hybridized carbons (Fsp3) is 0.0526. The smallest absolute Gasteiger partial charge is 0.137 e. The molecule has 12 rings (SSSR count). The first-order chi connectivity index (χ1) is 29.2. The zero-order valence-corrected chi connectivity index (χ0v) is 32.6. The van der Waals surface area contributed by atoms with E-state index in [1.807, 2.05) is 0 Å². The number of fused-ring (bicyclic) bond motifs is 9. The Morgan fingerprint density at radius 3 is 1.68 bits per heavy atom. The normalized spacial score (nSPS) is 15.7. The lowest BCUT2D eigenvalue weighted by Crippen LogP contribution is -2.28. The monoisotopic (exact) mass is 753 g/mol. The predicted molar refractivity (Wildman–Crippen MR) is 243 cm³/mol. The molecule has 0 amide bonds. The number of hydrogen-bond donors (Lipinski definition) is 0. The zero-order chi connectivity index (χ0) is 39.1. The van der Waals surface area contributed by atoms with Crippen molar-refractivity contribution in [3.05, 3.63) is 257 Å². The van der Waals surface area contributed by atoms with Crippen molar-refractivity contribution in [3.63, 3.8) is 0 Å². The molecular formula is C57H39NO. The third-order valence-corrected chi connectivity index (χ3v) is 13.2. The molecule has 2 heteroatoms. The van der Waals surface area contributed by atoms with E-state index in [-0.39, 0.29) is 5.41 Å². The number of para-hydroxylation sites is 1. The summed E-state index contributed by atoms with van der Waals surface area (Å²) < 4.78 is 6.59. The fourth-order valence-electron chi connectivity index (χ4n) is 10.7. The molecule has 278 valence electrons. The largest absolute Gasteiger partial charge is 0.456 e. The average Bonchev–Trinajstić information content (AvgIpc) is 3.93. The Morgan fingerprint density at radius 1 is 0.390 bits per heavy atom. The van der Waals surface area contributed by atoms with Gasteiger partial charge in [-0.15, -0.1) is 0 Å². The highest BCUT2D eigenvalue weighted by molar-refractivity contribution is 6.14. The van der Waals surface area contributed by atoms with Gasteiger partial charge in [-0.05, 0) is 99.0 Å². The van der Waals surface area contributed by atoms with Crippen LogP contribution in [0.1, 0.15) is 45.9 Å². The van der Waals surface area contributed by atoms with Crippen LogP contribution in [-0.2, 0) is 10.8 Å². The molecular weight excluding hydrogens is 715 g/mol. The Kier molecular flexibility index (Phi) is 7.31. The van der Waals surface area contributed by atoms with Crippen molar-refractivity contribution in [2.24, 2.45) is 0 Å². The molecule has 59 heavy (non-hydrogen) atoms. The van der Waals surface area contributed by atoms with Gasteiger partial charge in [-0.3, -0.25) is 0 Å². The van der Waals surface area contributed by atoms with Crippen molar-refractivity contribution in [2.75, 3.05) is 4.90 Å². The van der Waals surface area contributed by atoms with E-state index >= 15 is 0 Å². The minimum absolute atomic E-state index is 0.349. The fourth-order valence-corrected chi connectivity index (χ4v) is 10.7. The van der Waals surface area contributed by atoms with Gasteiger partial charge in [0.1, 0.15) is 11.2 Å². The maximum Gasteiger partial charge on any atom is 0.137 e.